The molecule has 10 heteroatoms. The topological polar surface area (TPSA) is 162 Å². The molecule has 1 fully saturated rings. The van der Waals surface area contributed by atoms with Gasteiger partial charge >= 0.3 is 5.97 Å². The predicted octanol–water partition coefficient (Wildman–Crippen LogP) is -1.43. The van der Waals surface area contributed by atoms with Gasteiger partial charge in [-0.1, -0.05) is 12.1 Å². The molecule has 0 unspecified atom stereocenters. The summed E-state index contributed by atoms with van der Waals surface area (Å²) in [6.07, 6.45) is 1.16. The molecule has 0 radical (unpaired) electrons. The number of likely N-dealkylation sites (tertiary alicyclic amines) is 1. The second-order valence-corrected chi connectivity index (χ2v) is 6.50. The number of amides is 3. The number of phenolic OH excluding ortho intramolecular Hbond substituents is 1. The van der Waals surface area contributed by atoms with Crippen LogP contribution in [0.1, 0.15) is 18.4 Å². The van der Waals surface area contributed by atoms with Gasteiger partial charge in [0.25, 0.3) is 0 Å². The number of aromatic hydroxyl groups is 1. The molecule has 1 aromatic carbocycles. The predicted molar refractivity (Wildman–Crippen MR) is 98.2 cm³/mol. The van der Waals surface area contributed by atoms with Crippen molar-refractivity contribution in [2.75, 3.05) is 19.6 Å². The van der Waals surface area contributed by atoms with Crippen LogP contribution in [0.2, 0.25) is 0 Å². The Morgan fingerprint density at radius 1 is 1.21 bits per heavy atom. The quantitative estimate of drug-likeness (QED) is 0.362. The molecule has 3 amide bonds. The number of rotatable bonds is 8. The molecule has 10 nitrogen and oxygen atoms in total. The highest BCUT2D eigenvalue weighted by Crippen LogP contribution is 2.20. The Labute approximate surface area is 161 Å². The maximum absolute atomic E-state index is 13.0. The molecular weight excluding hydrogens is 368 g/mol. The summed E-state index contributed by atoms with van der Waals surface area (Å²) < 4.78 is 0. The maximum atomic E-state index is 13.0. The van der Waals surface area contributed by atoms with Crippen LogP contribution in [0.3, 0.4) is 0 Å². The highest BCUT2D eigenvalue weighted by atomic mass is 16.4. The van der Waals surface area contributed by atoms with Crippen LogP contribution in [0.4, 0.5) is 0 Å². The maximum Gasteiger partial charge on any atom is 0.322 e. The Morgan fingerprint density at radius 3 is 2.50 bits per heavy atom. The lowest BCUT2D eigenvalue weighted by atomic mass is 10.0. The van der Waals surface area contributed by atoms with Gasteiger partial charge < -0.3 is 31.5 Å². The summed E-state index contributed by atoms with van der Waals surface area (Å²) in [5.41, 5.74) is 6.05. The molecule has 6 N–H and O–H groups in total. The van der Waals surface area contributed by atoms with Gasteiger partial charge in [-0.25, -0.2) is 0 Å². The second kappa shape index (κ2) is 9.70. The van der Waals surface area contributed by atoms with E-state index < -0.39 is 42.3 Å². The minimum atomic E-state index is -1.18. The molecule has 2 rings (SSSR count). The normalized spacial score (nSPS) is 17.0. The van der Waals surface area contributed by atoms with Crippen molar-refractivity contribution in [2.45, 2.75) is 31.3 Å². The summed E-state index contributed by atoms with van der Waals surface area (Å²) in [4.78, 5) is 49.1. The van der Waals surface area contributed by atoms with Gasteiger partial charge in [-0.15, -0.1) is 0 Å². The van der Waals surface area contributed by atoms with Gasteiger partial charge in [-0.05, 0) is 30.5 Å². The lowest BCUT2D eigenvalue weighted by Gasteiger charge is -2.28. The molecule has 0 aromatic heterocycles. The average molecular weight is 392 g/mol. The van der Waals surface area contributed by atoms with Gasteiger partial charge in [0, 0.05) is 13.0 Å². The number of nitrogens with two attached hydrogens (primary N) is 1. The molecule has 152 valence electrons. The van der Waals surface area contributed by atoms with Gasteiger partial charge in [-0.2, -0.15) is 0 Å². The zero-order valence-corrected chi connectivity index (χ0v) is 15.3. The first kappa shape index (κ1) is 21.2. The minimum absolute atomic E-state index is 0.0762. The molecule has 1 heterocycles. The van der Waals surface area contributed by atoms with Crippen molar-refractivity contribution in [3.05, 3.63) is 29.8 Å². The number of nitrogens with zero attached hydrogens (tertiary/aromatic N) is 1. The summed E-state index contributed by atoms with van der Waals surface area (Å²) in [7, 11) is 0. The van der Waals surface area contributed by atoms with E-state index in [4.69, 9.17) is 10.8 Å². The zero-order valence-electron chi connectivity index (χ0n) is 15.3. The molecule has 1 saturated heterocycles. The fourth-order valence-electron chi connectivity index (χ4n) is 3.10. The SMILES string of the molecule is NCC(=O)N[C@@H](Cc1ccc(O)cc1)C(=O)N1CCC[C@H]1C(=O)NCC(=O)O. The van der Waals surface area contributed by atoms with Crippen molar-refractivity contribution in [1.82, 2.24) is 15.5 Å². The smallest absolute Gasteiger partial charge is 0.322 e. The van der Waals surface area contributed by atoms with Crippen molar-refractivity contribution in [1.29, 1.82) is 0 Å². The van der Waals surface area contributed by atoms with E-state index in [1.165, 1.54) is 17.0 Å². The van der Waals surface area contributed by atoms with Crippen molar-refractivity contribution in [3.8, 4) is 5.75 Å². The van der Waals surface area contributed by atoms with Crippen LogP contribution in [0.15, 0.2) is 24.3 Å². The Morgan fingerprint density at radius 2 is 1.89 bits per heavy atom. The van der Waals surface area contributed by atoms with Crippen molar-refractivity contribution in [2.24, 2.45) is 5.73 Å². The van der Waals surface area contributed by atoms with E-state index in [1.54, 1.807) is 12.1 Å². The van der Waals surface area contributed by atoms with Crippen LogP contribution in [-0.2, 0) is 25.6 Å². The van der Waals surface area contributed by atoms with E-state index in [9.17, 15) is 24.3 Å². The monoisotopic (exact) mass is 392 g/mol. The fraction of sp³-hybridized carbons (Fsp3) is 0.444. The highest BCUT2D eigenvalue weighted by Gasteiger charge is 2.37. The number of hydrogen-bond acceptors (Lipinski definition) is 6. The van der Waals surface area contributed by atoms with Gasteiger partial charge in [0.05, 0.1) is 6.54 Å². The molecule has 0 spiro atoms. The molecule has 1 aliphatic rings. The van der Waals surface area contributed by atoms with Crippen LogP contribution in [-0.4, -0.2) is 70.5 Å². The molecule has 0 aliphatic carbocycles. The van der Waals surface area contributed by atoms with E-state index in [2.05, 4.69) is 10.6 Å². The van der Waals surface area contributed by atoms with Gasteiger partial charge in [0.1, 0.15) is 24.4 Å². The molecule has 0 saturated carbocycles. The molecule has 1 aliphatic heterocycles. The zero-order chi connectivity index (χ0) is 20.7. The van der Waals surface area contributed by atoms with Crippen molar-refractivity contribution in [3.63, 3.8) is 0 Å². The molecule has 28 heavy (non-hydrogen) atoms. The van der Waals surface area contributed by atoms with E-state index in [0.717, 1.165) is 0 Å². The van der Waals surface area contributed by atoms with Crippen molar-refractivity contribution < 1.29 is 29.4 Å². The number of aliphatic carboxylic acids is 1. The number of hydrogen-bond donors (Lipinski definition) is 5. The second-order valence-electron chi connectivity index (χ2n) is 6.50. The van der Waals surface area contributed by atoms with Gasteiger partial charge in [0.15, 0.2) is 0 Å². The molecular formula is C18H24N4O6. The summed E-state index contributed by atoms with van der Waals surface area (Å²) in [5.74, 6) is -2.59. The molecule has 2 atom stereocenters. The first-order valence-electron chi connectivity index (χ1n) is 8.89. The summed E-state index contributed by atoms with van der Waals surface area (Å²) in [6.45, 7) is -0.491. The Bertz CT molecular complexity index is 736. The number of phenols is 1. The number of benzene rings is 1. The van der Waals surface area contributed by atoms with E-state index in [1.807, 2.05) is 0 Å². The first-order chi connectivity index (χ1) is 13.3. The number of carbonyl (C=O) groups excluding carboxylic acids is 3. The average Bonchev–Trinajstić information content (AvgIpc) is 3.16. The lowest BCUT2D eigenvalue weighted by Crippen LogP contribution is -2.55. The number of carboxylic acid groups (broad SMARTS) is 1. The van der Waals surface area contributed by atoms with Crippen LogP contribution in [0.25, 0.3) is 0 Å². The van der Waals surface area contributed by atoms with Crippen LogP contribution >= 0.6 is 0 Å². The number of carboxylic acids is 1. The number of nitrogens with one attached hydrogen (secondary N) is 2. The molecule has 0 bridgehead atoms. The minimum Gasteiger partial charge on any atom is -0.508 e. The third-order valence-electron chi connectivity index (χ3n) is 4.45. The van der Waals surface area contributed by atoms with E-state index in [0.29, 0.717) is 24.9 Å². The Kier molecular flexibility index (Phi) is 7.33. The lowest BCUT2D eigenvalue weighted by molar-refractivity contribution is -0.142. The fourth-order valence-corrected chi connectivity index (χ4v) is 3.10. The van der Waals surface area contributed by atoms with E-state index in [-0.39, 0.29) is 18.7 Å². The summed E-state index contributed by atoms with van der Waals surface area (Å²) in [6, 6.07) is 4.48. The third kappa shape index (κ3) is 5.68. The summed E-state index contributed by atoms with van der Waals surface area (Å²) >= 11 is 0. The largest absolute Gasteiger partial charge is 0.508 e. The van der Waals surface area contributed by atoms with E-state index >= 15 is 0 Å². The molecule has 1 aromatic rings. The van der Waals surface area contributed by atoms with Gasteiger partial charge in [0.2, 0.25) is 17.7 Å². The van der Waals surface area contributed by atoms with Crippen LogP contribution < -0.4 is 16.4 Å². The third-order valence-corrected chi connectivity index (χ3v) is 4.45. The van der Waals surface area contributed by atoms with Crippen LogP contribution in [0.5, 0.6) is 5.75 Å². The first-order valence-corrected chi connectivity index (χ1v) is 8.89. The highest BCUT2D eigenvalue weighted by molar-refractivity contribution is 5.93. The Hall–Kier alpha value is -3.14. The standard InChI is InChI=1S/C18H24N4O6/c19-9-15(24)21-13(8-11-3-5-12(23)6-4-11)18(28)22-7-1-2-14(22)17(27)20-10-16(25)26/h3-6,13-14,23H,1-2,7-10,19H2,(H,20,27)(H,21,24)(H,25,26)/t13-,14-/m0/s1. The number of carbonyl (C=O) groups is 4. The Balaban J connectivity index is 2.14. The summed E-state index contributed by atoms with van der Waals surface area (Å²) in [5, 5.41) is 23.0. The van der Waals surface area contributed by atoms with Crippen LogP contribution in [0, 0.1) is 0 Å². The van der Waals surface area contributed by atoms with Crippen molar-refractivity contribution >= 4 is 23.7 Å². The van der Waals surface area contributed by atoms with Gasteiger partial charge in [-0.3, -0.25) is 19.2 Å².